The average molecular weight is 185 g/mol. The molecule has 1 aromatic rings. The van der Waals surface area contributed by atoms with E-state index in [1.54, 1.807) is 0 Å². The summed E-state index contributed by atoms with van der Waals surface area (Å²) in [6, 6.07) is 8.00. The second-order valence-corrected chi connectivity index (χ2v) is 3.33. The molecule has 0 atom stereocenters. The molecule has 0 saturated heterocycles. The Morgan fingerprint density at radius 1 is 1.36 bits per heavy atom. The van der Waals surface area contributed by atoms with Crippen LogP contribution in [-0.2, 0) is 6.42 Å². The van der Waals surface area contributed by atoms with E-state index in [-0.39, 0.29) is 0 Å². The van der Waals surface area contributed by atoms with E-state index in [4.69, 9.17) is 23.8 Å². The third kappa shape index (κ3) is 2.28. The standard InChI is InChI=1S/C9H9ClS/c1-2-7-3-5-8(6-4-7)9(10)11/h3-6H,2H2,1H3. The lowest BCUT2D eigenvalue weighted by Gasteiger charge is -1.97. The highest BCUT2D eigenvalue weighted by molar-refractivity contribution is 7.83. The van der Waals surface area contributed by atoms with Gasteiger partial charge in [-0.05, 0) is 12.0 Å². The predicted molar refractivity (Wildman–Crippen MR) is 53.4 cm³/mol. The van der Waals surface area contributed by atoms with E-state index in [1.165, 1.54) is 5.56 Å². The fourth-order valence-electron chi connectivity index (χ4n) is 0.871. The average Bonchev–Trinajstić information content (AvgIpc) is 2.05. The molecular formula is C9H9ClS. The van der Waals surface area contributed by atoms with Crippen molar-refractivity contribution in [3.05, 3.63) is 35.4 Å². The van der Waals surface area contributed by atoms with Crippen molar-refractivity contribution in [2.45, 2.75) is 13.3 Å². The maximum absolute atomic E-state index is 5.63. The molecule has 0 fully saturated rings. The molecule has 11 heavy (non-hydrogen) atoms. The Morgan fingerprint density at radius 3 is 2.27 bits per heavy atom. The highest BCUT2D eigenvalue weighted by atomic mass is 35.5. The van der Waals surface area contributed by atoms with E-state index in [2.05, 4.69) is 6.92 Å². The summed E-state index contributed by atoms with van der Waals surface area (Å²) in [5, 5.41) is 0. The van der Waals surface area contributed by atoms with Gasteiger partial charge in [-0.1, -0.05) is 55.0 Å². The highest BCUT2D eigenvalue weighted by Gasteiger charge is 1.95. The van der Waals surface area contributed by atoms with Crippen LogP contribution in [0.2, 0.25) is 0 Å². The third-order valence-corrected chi connectivity index (χ3v) is 2.04. The summed E-state index contributed by atoms with van der Waals surface area (Å²) in [7, 11) is 0. The zero-order chi connectivity index (χ0) is 8.27. The highest BCUT2D eigenvalue weighted by Crippen LogP contribution is 2.08. The van der Waals surface area contributed by atoms with E-state index in [0.29, 0.717) is 4.32 Å². The van der Waals surface area contributed by atoms with Gasteiger partial charge in [-0.15, -0.1) is 0 Å². The van der Waals surface area contributed by atoms with Gasteiger partial charge in [0.25, 0.3) is 0 Å². The van der Waals surface area contributed by atoms with Crippen molar-refractivity contribution in [1.82, 2.24) is 0 Å². The first kappa shape index (κ1) is 8.69. The quantitative estimate of drug-likeness (QED) is 0.503. The second kappa shape index (κ2) is 3.84. The minimum Gasteiger partial charge on any atom is -0.0709 e. The van der Waals surface area contributed by atoms with Gasteiger partial charge in [-0.25, -0.2) is 0 Å². The molecule has 0 spiro atoms. The first-order valence-corrected chi connectivity index (χ1v) is 4.31. The van der Waals surface area contributed by atoms with Crippen molar-refractivity contribution >= 4 is 28.1 Å². The van der Waals surface area contributed by atoms with E-state index in [9.17, 15) is 0 Å². The number of hydrogen-bond acceptors (Lipinski definition) is 1. The van der Waals surface area contributed by atoms with Gasteiger partial charge in [-0.2, -0.15) is 0 Å². The van der Waals surface area contributed by atoms with Crippen LogP contribution in [0.25, 0.3) is 0 Å². The molecule has 2 heteroatoms. The maximum atomic E-state index is 5.63. The first-order chi connectivity index (χ1) is 5.24. The molecule has 0 aliphatic carbocycles. The number of thiocarbonyl (C=S) groups is 1. The molecule has 58 valence electrons. The van der Waals surface area contributed by atoms with Crippen LogP contribution in [0.4, 0.5) is 0 Å². The third-order valence-electron chi connectivity index (χ3n) is 1.59. The predicted octanol–water partition coefficient (Wildman–Crippen LogP) is 3.16. The lowest BCUT2D eigenvalue weighted by Crippen LogP contribution is -1.87. The number of hydrogen-bond donors (Lipinski definition) is 0. The van der Waals surface area contributed by atoms with Gasteiger partial charge in [0.15, 0.2) is 0 Å². The van der Waals surface area contributed by atoms with E-state index in [0.717, 1.165) is 12.0 Å². The van der Waals surface area contributed by atoms with Crippen molar-refractivity contribution in [3.8, 4) is 0 Å². The van der Waals surface area contributed by atoms with Gasteiger partial charge in [-0.3, -0.25) is 0 Å². The maximum Gasteiger partial charge on any atom is 0.111 e. The second-order valence-electron chi connectivity index (χ2n) is 2.32. The van der Waals surface area contributed by atoms with Gasteiger partial charge in [0.2, 0.25) is 0 Å². The lowest BCUT2D eigenvalue weighted by molar-refractivity contribution is 1.14. The van der Waals surface area contributed by atoms with E-state index in [1.807, 2.05) is 24.3 Å². The van der Waals surface area contributed by atoms with E-state index >= 15 is 0 Å². The molecule has 0 aliphatic heterocycles. The molecule has 0 nitrogen and oxygen atoms in total. The van der Waals surface area contributed by atoms with E-state index < -0.39 is 0 Å². The molecule has 0 saturated carbocycles. The fraction of sp³-hybridized carbons (Fsp3) is 0.222. The zero-order valence-corrected chi connectivity index (χ0v) is 7.88. The normalized spacial score (nSPS) is 9.64. The molecule has 0 heterocycles. The summed E-state index contributed by atoms with van der Waals surface area (Å²) in [5.41, 5.74) is 2.24. The number of rotatable bonds is 2. The summed E-state index contributed by atoms with van der Waals surface area (Å²) in [6.45, 7) is 2.12. The molecular weight excluding hydrogens is 176 g/mol. The van der Waals surface area contributed by atoms with Gasteiger partial charge in [0, 0.05) is 5.56 Å². The molecule has 1 rings (SSSR count). The van der Waals surface area contributed by atoms with Gasteiger partial charge < -0.3 is 0 Å². The topological polar surface area (TPSA) is 0 Å². The molecule has 0 unspecified atom stereocenters. The Kier molecular flexibility index (Phi) is 3.03. The Hall–Kier alpha value is -0.400. The number of benzene rings is 1. The number of halogens is 1. The van der Waals surface area contributed by atoms with Crippen LogP contribution in [0.5, 0.6) is 0 Å². The molecule has 1 aromatic carbocycles. The Bertz CT molecular complexity index is 251. The van der Waals surface area contributed by atoms with Gasteiger partial charge in [0.1, 0.15) is 4.32 Å². The first-order valence-electron chi connectivity index (χ1n) is 3.53. The van der Waals surface area contributed by atoms with Crippen LogP contribution in [0.1, 0.15) is 18.1 Å². The Morgan fingerprint density at radius 2 is 1.91 bits per heavy atom. The van der Waals surface area contributed by atoms with Crippen molar-refractivity contribution in [2.24, 2.45) is 0 Å². The molecule has 0 aliphatic rings. The summed E-state index contributed by atoms with van der Waals surface area (Å²) < 4.78 is 0.438. The van der Waals surface area contributed by atoms with Crippen LogP contribution in [0, 0.1) is 0 Å². The monoisotopic (exact) mass is 184 g/mol. The molecule has 0 radical (unpaired) electrons. The summed E-state index contributed by atoms with van der Waals surface area (Å²) in [4.78, 5) is 0. The fourth-order valence-corrected chi connectivity index (χ4v) is 1.13. The number of aryl methyl sites for hydroxylation is 1. The van der Waals surface area contributed by atoms with Gasteiger partial charge in [0.05, 0.1) is 0 Å². The van der Waals surface area contributed by atoms with Crippen LogP contribution in [0.3, 0.4) is 0 Å². The summed E-state index contributed by atoms with van der Waals surface area (Å²) >= 11 is 10.4. The summed E-state index contributed by atoms with van der Waals surface area (Å²) in [5.74, 6) is 0. The van der Waals surface area contributed by atoms with Gasteiger partial charge >= 0.3 is 0 Å². The molecule has 0 bridgehead atoms. The minimum absolute atomic E-state index is 0.438. The van der Waals surface area contributed by atoms with Crippen LogP contribution >= 0.6 is 23.8 Å². The van der Waals surface area contributed by atoms with Crippen LogP contribution < -0.4 is 0 Å². The Labute approximate surface area is 77.2 Å². The van der Waals surface area contributed by atoms with Crippen molar-refractivity contribution in [2.75, 3.05) is 0 Å². The lowest BCUT2D eigenvalue weighted by atomic mass is 10.1. The molecule has 0 aromatic heterocycles. The SMILES string of the molecule is CCc1ccc(C(=S)Cl)cc1. The molecule has 0 amide bonds. The summed E-state index contributed by atoms with van der Waals surface area (Å²) in [6.07, 6.45) is 1.05. The molecule has 0 N–H and O–H groups in total. The van der Waals surface area contributed by atoms with Crippen molar-refractivity contribution in [1.29, 1.82) is 0 Å². The minimum atomic E-state index is 0.438. The van der Waals surface area contributed by atoms with Crippen LogP contribution in [0.15, 0.2) is 24.3 Å². The van der Waals surface area contributed by atoms with Crippen LogP contribution in [-0.4, -0.2) is 4.32 Å². The van der Waals surface area contributed by atoms with Crippen molar-refractivity contribution < 1.29 is 0 Å². The zero-order valence-electron chi connectivity index (χ0n) is 6.30. The largest absolute Gasteiger partial charge is 0.111 e. The Balaban J connectivity index is 2.91. The van der Waals surface area contributed by atoms with Crippen molar-refractivity contribution in [3.63, 3.8) is 0 Å². The smallest absolute Gasteiger partial charge is 0.0709 e.